The van der Waals surface area contributed by atoms with Gasteiger partial charge in [0.1, 0.15) is 0 Å². The molecule has 0 N–H and O–H groups in total. The zero-order chi connectivity index (χ0) is 29.3. The fourth-order valence-corrected chi connectivity index (χ4v) is 4.78. The Morgan fingerprint density at radius 2 is 0.727 bits per heavy atom. The summed E-state index contributed by atoms with van der Waals surface area (Å²) in [6.45, 7) is 1.67. The van der Waals surface area contributed by atoms with Gasteiger partial charge in [0.15, 0.2) is 37.9 Å². The summed E-state index contributed by atoms with van der Waals surface area (Å²) >= 11 is 0. The molecule has 5 aromatic rings. The minimum atomic E-state index is 0. The lowest BCUT2D eigenvalue weighted by Gasteiger charge is -2.11. The predicted octanol–water partition coefficient (Wildman–Crippen LogP) is 0.839. The lowest BCUT2D eigenvalue weighted by atomic mass is 10.1. The molecule has 0 fully saturated rings. The van der Waals surface area contributed by atoms with Crippen LogP contribution in [0.3, 0.4) is 0 Å². The topological polar surface area (TPSA) is 14.2 Å². The average molecular weight is 713 g/mol. The molecule has 4 nitrogen and oxygen atoms in total. The van der Waals surface area contributed by atoms with E-state index in [0.717, 1.165) is 13.1 Å². The fraction of sp³-hybridized carbons (Fsp3) is 0.158. The predicted molar refractivity (Wildman–Crippen MR) is 177 cm³/mol. The van der Waals surface area contributed by atoms with Crippen molar-refractivity contribution in [2.24, 2.45) is 0 Å². The smallest absolute Gasteiger partial charge is 0.174 e. The highest BCUT2D eigenvalue weighted by molar-refractivity contribution is 5.71. The van der Waals surface area contributed by atoms with Gasteiger partial charge in [-0.2, -0.15) is 0 Å². The summed E-state index contributed by atoms with van der Waals surface area (Å²) in [5, 5.41) is 0. The maximum Gasteiger partial charge on any atom is 0.174 e. The van der Waals surface area contributed by atoms with E-state index in [1.54, 1.807) is 0 Å². The van der Waals surface area contributed by atoms with E-state index in [1.165, 1.54) is 44.8 Å². The van der Waals surface area contributed by atoms with Gasteiger partial charge in [0, 0.05) is 75.0 Å². The monoisotopic (exact) mass is 710 g/mol. The van der Waals surface area contributed by atoms with Crippen LogP contribution in [0.2, 0.25) is 0 Å². The second-order valence-corrected chi connectivity index (χ2v) is 11.0. The minimum Gasteiger partial charge on any atom is -1.00 e. The van der Waals surface area contributed by atoms with E-state index >= 15 is 0 Å². The molecule has 0 amide bonds. The lowest BCUT2D eigenvalue weighted by Crippen LogP contribution is -3.00. The quantitative estimate of drug-likeness (QED) is 0.200. The number of nitrogens with zero attached hydrogens (tertiary/aromatic N) is 4. The summed E-state index contributed by atoms with van der Waals surface area (Å²) in [5.41, 5.74) is 9.83. The second kappa shape index (κ2) is 16.7. The lowest BCUT2D eigenvalue weighted by molar-refractivity contribution is -0.693. The van der Waals surface area contributed by atoms with Gasteiger partial charge < -0.3 is 43.8 Å². The van der Waals surface area contributed by atoms with Crippen LogP contribution in [0.5, 0.6) is 0 Å². The number of aromatic nitrogens is 2. The van der Waals surface area contributed by atoms with Crippen LogP contribution in [0.15, 0.2) is 122 Å². The van der Waals surface area contributed by atoms with Gasteiger partial charge in [-0.25, -0.2) is 9.13 Å². The van der Waals surface area contributed by atoms with Gasteiger partial charge in [0.25, 0.3) is 0 Å². The molecule has 0 aliphatic carbocycles. The van der Waals surface area contributed by atoms with Crippen LogP contribution in [-0.4, -0.2) is 28.2 Å². The number of halogens is 2. The number of pyridine rings is 2. The summed E-state index contributed by atoms with van der Waals surface area (Å²) in [5.74, 6) is 0. The highest BCUT2D eigenvalue weighted by Gasteiger charge is 2.11. The summed E-state index contributed by atoms with van der Waals surface area (Å²) in [6, 6.07) is 34.6. The third-order valence-corrected chi connectivity index (χ3v) is 7.41. The molecule has 226 valence electrons. The van der Waals surface area contributed by atoms with Crippen LogP contribution in [-0.2, 0) is 13.1 Å². The zero-order valence-electron chi connectivity index (χ0n) is 25.8. The molecule has 3 aromatic carbocycles. The largest absolute Gasteiger partial charge is 1.00 e. The molecular formula is C38H40Br2N4. The molecule has 44 heavy (non-hydrogen) atoms. The van der Waals surface area contributed by atoms with E-state index in [2.05, 4.69) is 193 Å². The van der Waals surface area contributed by atoms with Crippen molar-refractivity contribution in [3.05, 3.63) is 155 Å². The summed E-state index contributed by atoms with van der Waals surface area (Å²) in [4.78, 5) is 4.23. The molecule has 0 bridgehead atoms. The average Bonchev–Trinajstić information content (AvgIpc) is 3.02. The first-order valence-electron chi connectivity index (χ1n) is 14.4. The van der Waals surface area contributed by atoms with Gasteiger partial charge in [-0.1, -0.05) is 72.8 Å². The zero-order valence-corrected chi connectivity index (χ0v) is 29.0. The van der Waals surface area contributed by atoms with Crippen LogP contribution in [0.25, 0.3) is 24.3 Å². The maximum absolute atomic E-state index is 2.24. The Morgan fingerprint density at radius 1 is 0.432 bits per heavy atom. The third-order valence-electron chi connectivity index (χ3n) is 7.41. The Hall–Kier alpha value is -4.00. The molecule has 0 saturated carbocycles. The van der Waals surface area contributed by atoms with Crippen molar-refractivity contribution >= 4 is 35.7 Å². The Bertz CT molecular complexity index is 1510. The first-order valence-corrected chi connectivity index (χ1v) is 14.4. The fourth-order valence-electron chi connectivity index (χ4n) is 4.78. The Labute approximate surface area is 283 Å². The second-order valence-electron chi connectivity index (χ2n) is 11.0. The molecule has 0 unspecified atom stereocenters. The van der Waals surface area contributed by atoms with Gasteiger partial charge in [-0.05, 0) is 46.5 Å². The van der Waals surface area contributed by atoms with Crippen molar-refractivity contribution in [2.45, 2.75) is 13.1 Å². The number of benzene rings is 3. The maximum atomic E-state index is 2.24. The van der Waals surface area contributed by atoms with Crippen molar-refractivity contribution in [3.63, 3.8) is 0 Å². The standard InChI is InChI=1S/C38H40N4.2BrH/c1-39(2)37-17-13-31(14-18-37)9-11-33-21-25-41(26-22-33)29-35-7-5-6-8-36(35)30-42-27-23-34(24-28-42)12-10-32-15-19-38(20-16-32)40(3)4;;/h5-28H,29-30H2,1-4H3;2*1H/q+2;;/p-2. The molecule has 2 aromatic heterocycles. The van der Waals surface area contributed by atoms with E-state index in [1.807, 2.05) is 0 Å². The number of hydrogen-bond donors (Lipinski definition) is 0. The molecule has 0 atom stereocenters. The highest BCUT2D eigenvalue weighted by Crippen LogP contribution is 2.16. The van der Waals surface area contributed by atoms with E-state index in [0.29, 0.717) is 0 Å². The van der Waals surface area contributed by atoms with Crippen LogP contribution in [0.4, 0.5) is 11.4 Å². The SMILES string of the molecule is CN(C)c1ccc(/C=C/c2cc[n+](Cc3ccccc3C[n+]3ccc(/C=C/c4ccc(N(C)C)cc4)cc3)cc2)cc1.[Br-].[Br-]. The Morgan fingerprint density at radius 3 is 1.02 bits per heavy atom. The number of hydrogen-bond acceptors (Lipinski definition) is 2. The van der Waals surface area contributed by atoms with Gasteiger partial charge in [-0.3, -0.25) is 0 Å². The molecule has 0 aliphatic heterocycles. The van der Waals surface area contributed by atoms with Crippen LogP contribution >= 0.6 is 0 Å². The molecule has 0 spiro atoms. The van der Waals surface area contributed by atoms with E-state index in [4.69, 9.17) is 0 Å². The normalized spacial score (nSPS) is 10.8. The highest BCUT2D eigenvalue weighted by atomic mass is 79.9. The third kappa shape index (κ3) is 9.76. The summed E-state index contributed by atoms with van der Waals surface area (Å²) < 4.78 is 4.48. The number of rotatable bonds is 10. The van der Waals surface area contributed by atoms with E-state index < -0.39 is 0 Å². The molecule has 0 radical (unpaired) electrons. The molecule has 2 heterocycles. The molecule has 5 rings (SSSR count). The van der Waals surface area contributed by atoms with Crippen molar-refractivity contribution in [1.29, 1.82) is 0 Å². The Kier molecular flexibility index (Phi) is 13.1. The summed E-state index contributed by atoms with van der Waals surface area (Å²) in [6.07, 6.45) is 17.3. The first kappa shape index (κ1) is 34.5. The molecular weight excluding hydrogens is 672 g/mol. The van der Waals surface area contributed by atoms with Crippen molar-refractivity contribution in [3.8, 4) is 0 Å². The van der Waals surface area contributed by atoms with Gasteiger partial charge in [0.2, 0.25) is 0 Å². The van der Waals surface area contributed by atoms with Crippen molar-refractivity contribution < 1.29 is 43.1 Å². The molecule has 6 heteroatoms. The Balaban J connectivity index is 0.00000264. The van der Waals surface area contributed by atoms with Crippen molar-refractivity contribution in [1.82, 2.24) is 0 Å². The van der Waals surface area contributed by atoms with Gasteiger partial charge in [-0.15, -0.1) is 0 Å². The minimum absolute atomic E-state index is 0. The van der Waals surface area contributed by atoms with Crippen LogP contribution in [0, 0.1) is 0 Å². The van der Waals surface area contributed by atoms with Crippen molar-refractivity contribution in [2.75, 3.05) is 38.0 Å². The van der Waals surface area contributed by atoms with Gasteiger partial charge in [0.05, 0.1) is 0 Å². The van der Waals surface area contributed by atoms with Gasteiger partial charge >= 0.3 is 0 Å². The van der Waals surface area contributed by atoms with E-state index in [9.17, 15) is 0 Å². The first-order chi connectivity index (χ1) is 20.4. The molecule has 0 aliphatic rings. The van der Waals surface area contributed by atoms with Crippen LogP contribution in [0.1, 0.15) is 33.4 Å². The summed E-state index contributed by atoms with van der Waals surface area (Å²) in [7, 11) is 8.24. The van der Waals surface area contributed by atoms with E-state index in [-0.39, 0.29) is 34.0 Å². The molecule has 0 saturated heterocycles. The number of anilines is 2. The van der Waals surface area contributed by atoms with Crippen LogP contribution < -0.4 is 52.9 Å².